The minimum Gasteiger partial charge on any atom is -0.508 e. The van der Waals surface area contributed by atoms with Crippen LogP contribution in [0.3, 0.4) is 0 Å². The number of ether oxygens (including phenoxy) is 1. The summed E-state index contributed by atoms with van der Waals surface area (Å²) >= 11 is 0. The first-order chi connectivity index (χ1) is 10.2. The van der Waals surface area contributed by atoms with Crippen molar-refractivity contribution in [2.24, 2.45) is 0 Å². The maximum absolute atomic E-state index is 9.73. The molecule has 0 fully saturated rings. The topological polar surface area (TPSA) is 54.4 Å². The molecule has 3 rings (SSSR count). The van der Waals surface area contributed by atoms with Crippen LogP contribution in [0, 0.1) is 0 Å². The Hall–Kier alpha value is -2.69. The highest BCUT2D eigenvalue weighted by Crippen LogP contribution is 2.29. The van der Waals surface area contributed by atoms with Gasteiger partial charge in [-0.3, -0.25) is 4.98 Å². The fourth-order valence-electron chi connectivity index (χ4n) is 2.30. The Labute approximate surface area is 123 Å². The number of rotatable bonds is 3. The van der Waals surface area contributed by atoms with Crippen molar-refractivity contribution >= 4 is 35.6 Å². The fraction of sp³-hybridized carbons (Fsp3) is 0.0625. The van der Waals surface area contributed by atoms with Gasteiger partial charge in [0.25, 0.3) is 0 Å². The molecule has 1 aromatic heterocycles. The van der Waals surface area contributed by atoms with Crippen LogP contribution in [-0.4, -0.2) is 25.0 Å². The molecule has 2 aromatic carbocycles. The molecule has 0 spiro atoms. The fourth-order valence-corrected chi connectivity index (χ4v) is 2.30. The van der Waals surface area contributed by atoms with Gasteiger partial charge in [0.05, 0.1) is 12.6 Å². The molecule has 0 aliphatic carbocycles. The Kier molecular flexibility index (Phi) is 3.40. The van der Waals surface area contributed by atoms with Gasteiger partial charge in [-0.15, -0.1) is 0 Å². The second-order valence-corrected chi connectivity index (χ2v) is 4.92. The van der Waals surface area contributed by atoms with Crippen molar-refractivity contribution in [2.45, 2.75) is 0 Å². The van der Waals surface area contributed by atoms with Crippen LogP contribution in [0.4, 0.5) is 11.4 Å². The van der Waals surface area contributed by atoms with E-state index >= 15 is 0 Å². The van der Waals surface area contributed by atoms with Crippen LogP contribution in [0.1, 0.15) is 0 Å². The van der Waals surface area contributed by atoms with E-state index in [0.29, 0.717) is 5.75 Å². The molecule has 0 amide bonds. The Morgan fingerprint density at radius 3 is 2.81 bits per heavy atom. The van der Waals surface area contributed by atoms with E-state index in [1.165, 1.54) is 5.46 Å². The van der Waals surface area contributed by atoms with E-state index in [0.717, 1.165) is 22.3 Å². The summed E-state index contributed by atoms with van der Waals surface area (Å²) in [4.78, 5) is 4.36. The van der Waals surface area contributed by atoms with Crippen molar-refractivity contribution in [1.29, 1.82) is 0 Å². The van der Waals surface area contributed by atoms with Gasteiger partial charge in [0.2, 0.25) is 0 Å². The van der Waals surface area contributed by atoms with Crippen LogP contribution in [-0.2, 0) is 0 Å². The number of fused-ring (bicyclic) bond motifs is 1. The van der Waals surface area contributed by atoms with Gasteiger partial charge in [-0.25, -0.2) is 0 Å². The molecule has 0 aliphatic heterocycles. The summed E-state index contributed by atoms with van der Waals surface area (Å²) in [6, 6.07) is 13.1. The van der Waals surface area contributed by atoms with Crippen molar-refractivity contribution < 1.29 is 9.84 Å². The zero-order valence-corrected chi connectivity index (χ0v) is 11.9. The molecule has 0 radical (unpaired) electrons. The maximum atomic E-state index is 9.73. The van der Waals surface area contributed by atoms with Crippen LogP contribution >= 0.6 is 0 Å². The molecular formula is C16H15BN2O2. The number of methoxy groups -OCH3 is 1. The van der Waals surface area contributed by atoms with E-state index in [1.54, 1.807) is 25.4 Å². The predicted octanol–water partition coefficient (Wildman–Crippen LogP) is 1.95. The number of aromatic nitrogens is 1. The number of pyridine rings is 1. The van der Waals surface area contributed by atoms with Crippen LogP contribution in [0.25, 0.3) is 10.9 Å². The van der Waals surface area contributed by atoms with E-state index in [1.807, 2.05) is 32.1 Å². The van der Waals surface area contributed by atoms with Crippen molar-refractivity contribution in [1.82, 2.24) is 4.98 Å². The third kappa shape index (κ3) is 2.77. The first-order valence-corrected chi connectivity index (χ1v) is 6.66. The Balaban J connectivity index is 2.05. The van der Waals surface area contributed by atoms with Gasteiger partial charge in [-0.1, -0.05) is 17.6 Å². The highest BCUT2D eigenvalue weighted by molar-refractivity contribution is 6.33. The van der Waals surface area contributed by atoms with E-state index in [2.05, 4.69) is 16.4 Å². The van der Waals surface area contributed by atoms with E-state index < -0.39 is 0 Å². The molecule has 104 valence electrons. The molecule has 5 heteroatoms. The van der Waals surface area contributed by atoms with Gasteiger partial charge >= 0.3 is 0 Å². The van der Waals surface area contributed by atoms with Gasteiger partial charge in [-0.2, -0.15) is 0 Å². The molecule has 4 nitrogen and oxygen atoms in total. The number of nitrogens with one attached hydrogen (secondary N) is 1. The summed E-state index contributed by atoms with van der Waals surface area (Å²) in [7, 11) is 3.62. The average Bonchev–Trinajstić information content (AvgIpc) is 2.47. The highest BCUT2D eigenvalue weighted by Gasteiger charge is 2.05. The summed E-state index contributed by atoms with van der Waals surface area (Å²) in [6.07, 6.45) is 1.76. The Bertz CT molecular complexity index is 805. The number of benzene rings is 2. The molecule has 1 heterocycles. The predicted molar refractivity (Wildman–Crippen MR) is 87.9 cm³/mol. The molecule has 0 saturated carbocycles. The van der Waals surface area contributed by atoms with E-state index in [-0.39, 0.29) is 5.75 Å². The second-order valence-electron chi connectivity index (χ2n) is 4.92. The van der Waals surface area contributed by atoms with Crippen molar-refractivity contribution in [3.05, 3.63) is 48.7 Å². The molecule has 2 N–H and O–H groups in total. The summed E-state index contributed by atoms with van der Waals surface area (Å²) in [5.74, 6) is 0.762. The van der Waals surface area contributed by atoms with Gasteiger partial charge in [0.15, 0.2) is 0 Å². The quantitative estimate of drug-likeness (QED) is 0.719. The minimum absolute atomic E-state index is 0.159. The average molecular weight is 278 g/mol. The zero-order valence-electron chi connectivity index (χ0n) is 11.9. The summed E-state index contributed by atoms with van der Waals surface area (Å²) in [5, 5.41) is 14.1. The van der Waals surface area contributed by atoms with Crippen molar-refractivity contribution in [3.8, 4) is 11.5 Å². The minimum atomic E-state index is 0.159. The molecule has 21 heavy (non-hydrogen) atoms. The lowest BCUT2D eigenvalue weighted by Crippen LogP contribution is -2.02. The molecule has 3 aromatic rings. The van der Waals surface area contributed by atoms with E-state index in [9.17, 15) is 5.11 Å². The Morgan fingerprint density at radius 1 is 1.14 bits per heavy atom. The van der Waals surface area contributed by atoms with Crippen LogP contribution in [0.5, 0.6) is 11.5 Å². The monoisotopic (exact) mass is 278 g/mol. The number of phenols is 1. The lowest BCUT2D eigenvalue weighted by atomic mass is 9.94. The second kappa shape index (κ2) is 5.36. The SMILES string of the molecule is Bc1ccc2nccc(Nc3cc(O)cc(OC)c3)c2c1. The molecule has 0 aliphatic rings. The lowest BCUT2D eigenvalue weighted by Gasteiger charge is -2.11. The summed E-state index contributed by atoms with van der Waals surface area (Å²) in [5.41, 5.74) is 3.81. The third-order valence-corrected chi connectivity index (χ3v) is 3.30. The van der Waals surface area contributed by atoms with E-state index in [4.69, 9.17) is 4.74 Å². The Morgan fingerprint density at radius 2 is 2.00 bits per heavy atom. The standard InChI is InChI=1S/C16H15BN2O2/c1-21-13-8-11(7-12(20)9-13)19-16-4-5-18-15-3-2-10(17)6-14(15)16/h2-9,20H,17H2,1H3,(H,18,19). The largest absolute Gasteiger partial charge is 0.508 e. The van der Waals surface area contributed by atoms with Gasteiger partial charge < -0.3 is 15.2 Å². The zero-order chi connectivity index (χ0) is 14.8. The van der Waals surface area contributed by atoms with Gasteiger partial charge in [0, 0.05) is 41.2 Å². The molecule has 0 unspecified atom stereocenters. The molecule has 0 atom stereocenters. The number of anilines is 2. The van der Waals surface area contributed by atoms with Crippen LogP contribution < -0.4 is 15.5 Å². The smallest absolute Gasteiger partial charge is 0.139 e. The maximum Gasteiger partial charge on any atom is 0.139 e. The molecule has 0 saturated heterocycles. The summed E-state index contributed by atoms with van der Waals surface area (Å²) < 4.78 is 5.17. The molecule has 0 bridgehead atoms. The highest BCUT2D eigenvalue weighted by atomic mass is 16.5. The number of nitrogens with zero attached hydrogens (tertiary/aromatic N) is 1. The van der Waals surface area contributed by atoms with Crippen molar-refractivity contribution in [2.75, 3.05) is 12.4 Å². The van der Waals surface area contributed by atoms with Crippen molar-refractivity contribution in [3.63, 3.8) is 0 Å². The number of hydrogen-bond acceptors (Lipinski definition) is 4. The van der Waals surface area contributed by atoms with Crippen LogP contribution in [0.2, 0.25) is 0 Å². The van der Waals surface area contributed by atoms with Gasteiger partial charge in [-0.05, 0) is 12.1 Å². The first kappa shape index (κ1) is 13.3. The number of phenolic OH excluding ortho intramolecular Hbond substituents is 1. The summed E-state index contributed by atoms with van der Waals surface area (Å²) in [6.45, 7) is 0. The number of hydrogen-bond donors (Lipinski definition) is 2. The molecular weight excluding hydrogens is 263 g/mol. The lowest BCUT2D eigenvalue weighted by molar-refractivity contribution is 0.408. The van der Waals surface area contributed by atoms with Crippen LogP contribution in [0.15, 0.2) is 48.7 Å². The van der Waals surface area contributed by atoms with Gasteiger partial charge in [0.1, 0.15) is 19.3 Å². The third-order valence-electron chi connectivity index (χ3n) is 3.30. The first-order valence-electron chi connectivity index (χ1n) is 6.66. The number of aromatic hydroxyl groups is 1. The normalized spacial score (nSPS) is 10.5.